The number of benzene rings is 1. The molecule has 0 saturated carbocycles. The number of nitrogens with two attached hydrogens (primary N) is 1. The minimum Gasteiger partial charge on any atom is -0.496 e. The van der Waals surface area contributed by atoms with E-state index >= 15 is 0 Å². The van der Waals surface area contributed by atoms with Crippen LogP contribution in [0.15, 0.2) is 12.1 Å². The summed E-state index contributed by atoms with van der Waals surface area (Å²) < 4.78 is 23.1. The van der Waals surface area contributed by atoms with Gasteiger partial charge in [0.25, 0.3) is 0 Å². The van der Waals surface area contributed by atoms with Crippen molar-refractivity contribution in [3.63, 3.8) is 0 Å². The second-order valence-electron chi connectivity index (χ2n) is 4.99. The zero-order valence-electron chi connectivity index (χ0n) is 12.7. The first-order valence-corrected chi connectivity index (χ1v) is 7.21. The minimum absolute atomic E-state index is 0.117. The van der Waals surface area contributed by atoms with Crippen LogP contribution < -0.4 is 15.2 Å². The third-order valence-corrected chi connectivity index (χ3v) is 3.52. The summed E-state index contributed by atoms with van der Waals surface area (Å²) in [4.78, 5) is 0. The summed E-state index contributed by atoms with van der Waals surface area (Å²) in [6, 6.07) is 4.11. The zero-order valence-corrected chi connectivity index (χ0v) is 12.7. The Kier molecular flexibility index (Phi) is 7.37. The van der Waals surface area contributed by atoms with Crippen molar-refractivity contribution < 1.29 is 13.9 Å². The van der Waals surface area contributed by atoms with Crippen LogP contribution in [0.2, 0.25) is 0 Å². The molecule has 0 aliphatic carbocycles. The van der Waals surface area contributed by atoms with Gasteiger partial charge in [-0.15, -0.1) is 0 Å². The van der Waals surface area contributed by atoms with Gasteiger partial charge in [-0.2, -0.15) is 0 Å². The Labute approximate surface area is 121 Å². The Bertz CT molecular complexity index is 410. The number of methoxy groups -OCH3 is 2. The Balaban J connectivity index is 2.97. The van der Waals surface area contributed by atoms with E-state index in [2.05, 4.69) is 6.92 Å². The standard InChI is InChI=1S/C16H26FNO2/c1-4-14(18)9-13-11-15(19-2)12(7-5-6-8-17)10-16(13)20-3/h10-11,14H,4-9,18H2,1-3H3. The molecule has 0 bridgehead atoms. The SMILES string of the molecule is CCC(N)Cc1cc(OC)c(CCCCF)cc1OC. The number of hydrogen-bond acceptors (Lipinski definition) is 3. The highest BCUT2D eigenvalue weighted by Crippen LogP contribution is 2.31. The molecule has 0 heterocycles. The van der Waals surface area contributed by atoms with Crippen LogP contribution in [0.4, 0.5) is 4.39 Å². The molecule has 0 aromatic heterocycles. The van der Waals surface area contributed by atoms with Gasteiger partial charge in [0.1, 0.15) is 11.5 Å². The molecule has 0 aliphatic heterocycles. The lowest BCUT2D eigenvalue weighted by molar-refractivity contribution is 0.391. The van der Waals surface area contributed by atoms with E-state index in [9.17, 15) is 4.39 Å². The van der Waals surface area contributed by atoms with Gasteiger partial charge in [0, 0.05) is 6.04 Å². The van der Waals surface area contributed by atoms with Crippen molar-refractivity contribution in [2.24, 2.45) is 5.73 Å². The molecule has 0 saturated heterocycles. The van der Waals surface area contributed by atoms with E-state index in [-0.39, 0.29) is 12.7 Å². The predicted molar refractivity (Wildman–Crippen MR) is 80.4 cm³/mol. The predicted octanol–water partition coefficient (Wildman–Crippen LogP) is 3.28. The molecule has 4 heteroatoms. The van der Waals surface area contributed by atoms with E-state index in [1.165, 1.54) is 0 Å². The van der Waals surface area contributed by atoms with Crippen molar-refractivity contribution in [3.8, 4) is 11.5 Å². The molecule has 0 spiro atoms. The topological polar surface area (TPSA) is 44.5 Å². The molecule has 1 rings (SSSR count). The van der Waals surface area contributed by atoms with Gasteiger partial charge in [-0.3, -0.25) is 4.39 Å². The van der Waals surface area contributed by atoms with E-state index < -0.39 is 0 Å². The first-order valence-electron chi connectivity index (χ1n) is 7.21. The van der Waals surface area contributed by atoms with Crippen LogP contribution in [0.3, 0.4) is 0 Å². The normalized spacial score (nSPS) is 12.2. The van der Waals surface area contributed by atoms with Crippen molar-refractivity contribution in [3.05, 3.63) is 23.3 Å². The molecule has 1 atom stereocenters. The monoisotopic (exact) mass is 283 g/mol. The second-order valence-corrected chi connectivity index (χ2v) is 4.99. The first kappa shape index (κ1) is 16.8. The number of rotatable bonds is 9. The number of alkyl halides is 1. The molecule has 3 nitrogen and oxygen atoms in total. The highest BCUT2D eigenvalue weighted by atomic mass is 19.1. The lowest BCUT2D eigenvalue weighted by atomic mass is 9.99. The van der Waals surface area contributed by atoms with E-state index in [0.29, 0.717) is 6.42 Å². The number of ether oxygens (including phenoxy) is 2. The van der Waals surface area contributed by atoms with Crippen LogP contribution in [0.1, 0.15) is 37.3 Å². The average Bonchev–Trinajstić information content (AvgIpc) is 2.47. The van der Waals surface area contributed by atoms with Crippen molar-refractivity contribution >= 4 is 0 Å². The van der Waals surface area contributed by atoms with Crippen LogP contribution in [0.25, 0.3) is 0 Å². The fourth-order valence-corrected chi connectivity index (χ4v) is 2.22. The van der Waals surface area contributed by atoms with Crippen LogP contribution in [-0.2, 0) is 12.8 Å². The molecular formula is C16H26FNO2. The quantitative estimate of drug-likeness (QED) is 0.707. The summed E-state index contributed by atoms with van der Waals surface area (Å²) in [5, 5.41) is 0. The maximum atomic E-state index is 12.2. The maximum Gasteiger partial charge on any atom is 0.122 e. The van der Waals surface area contributed by atoms with Gasteiger partial charge < -0.3 is 15.2 Å². The van der Waals surface area contributed by atoms with Crippen LogP contribution in [-0.4, -0.2) is 26.9 Å². The second kappa shape index (κ2) is 8.80. The highest BCUT2D eigenvalue weighted by Gasteiger charge is 2.13. The first-order chi connectivity index (χ1) is 9.65. The summed E-state index contributed by atoms with van der Waals surface area (Å²) in [6.45, 7) is 1.79. The van der Waals surface area contributed by atoms with Crippen LogP contribution >= 0.6 is 0 Å². The van der Waals surface area contributed by atoms with Gasteiger partial charge in [-0.05, 0) is 55.4 Å². The molecule has 1 unspecified atom stereocenters. The third kappa shape index (κ3) is 4.67. The molecule has 0 fully saturated rings. The molecule has 2 N–H and O–H groups in total. The number of hydrogen-bond donors (Lipinski definition) is 1. The van der Waals surface area contributed by atoms with Gasteiger partial charge >= 0.3 is 0 Å². The molecule has 0 aliphatic rings. The van der Waals surface area contributed by atoms with Crippen LogP contribution in [0.5, 0.6) is 11.5 Å². The van der Waals surface area contributed by atoms with Gasteiger partial charge in [0.05, 0.1) is 20.9 Å². The molecule has 1 aromatic rings. The highest BCUT2D eigenvalue weighted by molar-refractivity contribution is 5.47. The van der Waals surface area contributed by atoms with E-state index in [1.54, 1.807) is 14.2 Å². The third-order valence-electron chi connectivity index (χ3n) is 3.52. The largest absolute Gasteiger partial charge is 0.496 e. The van der Waals surface area contributed by atoms with Gasteiger partial charge in [0.2, 0.25) is 0 Å². The summed E-state index contributed by atoms with van der Waals surface area (Å²) in [5.41, 5.74) is 8.14. The van der Waals surface area contributed by atoms with E-state index in [0.717, 1.165) is 48.3 Å². The summed E-state index contributed by atoms with van der Waals surface area (Å²) in [6.07, 6.45) is 3.87. The summed E-state index contributed by atoms with van der Waals surface area (Å²) in [7, 11) is 3.32. The van der Waals surface area contributed by atoms with Crippen molar-refractivity contribution in [2.75, 3.05) is 20.9 Å². The number of aryl methyl sites for hydroxylation is 1. The van der Waals surface area contributed by atoms with Crippen molar-refractivity contribution in [1.82, 2.24) is 0 Å². The van der Waals surface area contributed by atoms with Crippen molar-refractivity contribution in [2.45, 2.75) is 45.1 Å². The lowest BCUT2D eigenvalue weighted by Crippen LogP contribution is -2.21. The maximum absolute atomic E-state index is 12.2. The lowest BCUT2D eigenvalue weighted by Gasteiger charge is -2.17. The smallest absolute Gasteiger partial charge is 0.122 e. The Morgan fingerprint density at radius 3 is 2.25 bits per heavy atom. The fourth-order valence-electron chi connectivity index (χ4n) is 2.22. The molecule has 1 aromatic carbocycles. The minimum atomic E-state index is -0.275. The summed E-state index contributed by atoms with van der Waals surface area (Å²) >= 11 is 0. The Morgan fingerprint density at radius 1 is 1.10 bits per heavy atom. The molecule has 114 valence electrons. The zero-order chi connectivity index (χ0) is 15.0. The van der Waals surface area contributed by atoms with E-state index in [1.807, 2.05) is 12.1 Å². The molecule has 20 heavy (non-hydrogen) atoms. The van der Waals surface area contributed by atoms with E-state index in [4.69, 9.17) is 15.2 Å². The van der Waals surface area contributed by atoms with Gasteiger partial charge in [-0.25, -0.2) is 0 Å². The number of halogens is 1. The number of unbranched alkanes of at least 4 members (excludes halogenated alkanes) is 1. The summed E-state index contributed by atoms with van der Waals surface area (Å²) in [5.74, 6) is 1.67. The van der Waals surface area contributed by atoms with Crippen LogP contribution in [0, 0.1) is 0 Å². The van der Waals surface area contributed by atoms with Crippen molar-refractivity contribution in [1.29, 1.82) is 0 Å². The molecular weight excluding hydrogens is 257 g/mol. The molecule has 0 radical (unpaired) electrons. The fraction of sp³-hybridized carbons (Fsp3) is 0.625. The molecule has 0 amide bonds. The Morgan fingerprint density at radius 2 is 1.70 bits per heavy atom. The average molecular weight is 283 g/mol. The van der Waals surface area contributed by atoms with Gasteiger partial charge in [-0.1, -0.05) is 6.92 Å². The van der Waals surface area contributed by atoms with Gasteiger partial charge in [0.15, 0.2) is 0 Å². The Hall–Kier alpha value is -1.29.